The molecule has 1 aromatic carbocycles. The van der Waals surface area contributed by atoms with E-state index in [-0.39, 0.29) is 17.9 Å². The molecule has 6 heteroatoms. The first-order valence-corrected chi connectivity index (χ1v) is 7.79. The number of hydrogen-bond acceptors (Lipinski definition) is 2. The minimum atomic E-state index is -1.04. The predicted molar refractivity (Wildman–Crippen MR) is 83.7 cm³/mol. The number of halogens is 2. The summed E-state index contributed by atoms with van der Waals surface area (Å²) in [5, 5.41) is 2.79. The number of likely N-dealkylation sites (tertiary alicyclic amines) is 1. The Morgan fingerprint density at radius 3 is 2.43 bits per heavy atom. The van der Waals surface area contributed by atoms with E-state index >= 15 is 0 Å². The molecule has 2 rings (SSSR count). The summed E-state index contributed by atoms with van der Waals surface area (Å²) in [5.41, 5.74) is 1.71. The van der Waals surface area contributed by atoms with Gasteiger partial charge in [-0.15, -0.1) is 0 Å². The van der Waals surface area contributed by atoms with Crippen LogP contribution in [0.15, 0.2) is 24.3 Å². The number of hydrogen-bond donors (Lipinski definition) is 1. The first kappa shape index (κ1) is 16.1. The quantitative estimate of drug-likeness (QED) is 0.867. The lowest BCUT2D eigenvalue weighted by molar-refractivity contribution is -0.120. The van der Waals surface area contributed by atoms with Gasteiger partial charge in [0, 0.05) is 24.7 Å². The molecule has 21 heavy (non-hydrogen) atoms. The standard InChI is InChI=1S/C15H18Cl2N2O2/c1-10-4-2-3-5-12(10)15(21)19-8-6-11(7-9-19)18-14(20)13(16)17/h2-5,11,13H,6-9H2,1H3,(H,18,20). The van der Waals surface area contributed by atoms with Crippen LogP contribution in [-0.2, 0) is 4.79 Å². The maximum Gasteiger partial charge on any atom is 0.254 e. The first-order chi connectivity index (χ1) is 9.99. The fourth-order valence-electron chi connectivity index (χ4n) is 2.47. The lowest BCUT2D eigenvalue weighted by Gasteiger charge is -2.32. The normalized spacial score (nSPS) is 16.1. The summed E-state index contributed by atoms with van der Waals surface area (Å²) >= 11 is 11.0. The second-order valence-electron chi connectivity index (χ2n) is 5.19. The van der Waals surface area contributed by atoms with E-state index in [1.165, 1.54) is 0 Å². The summed E-state index contributed by atoms with van der Waals surface area (Å²) in [6, 6.07) is 7.59. The topological polar surface area (TPSA) is 49.4 Å². The predicted octanol–water partition coefficient (Wildman–Crippen LogP) is 2.52. The van der Waals surface area contributed by atoms with E-state index in [2.05, 4.69) is 5.32 Å². The second kappa shape index (κ2) is 7.14. The molecule has 1 heterocycles. The molecule has 0 atom stereocenters. The van der Waals surface area contributed by atoms with Crippen LogP contribution in [0.25, 0.3) is 0 Å². The van der Waals surface area contributed by atoms with Crippen LogP contribution < -0.4 is 5.32 Å². The molecule has 114 valence electrons. The van der Waals surface area contributed by atoms with Gasteiger partial charge in [0.1, 0.15) is 0 Å². The molecule has 0 aromatic heterocycles. The van der Waals surface area contributed by atoms with Crippen molar-refractivity contribution in [3.8, 4) is 0 Å². The van der Waals surface area contributed by atoms with Gasteiger partial charge in [0.05, 0.1) is 0 Å². The molecule has 0 spiro atoms. The van der Waals surface area contributed by atoms with E-state index < -0.39 is 4.84 Å². The van der Waals surface area contributed by atoms with Crippen molar-refractivity contribution in [2.24, 2.45) is 0 Å². The third-order valence-electron chi connectivity index (χ3n) is 3.70. The van der Waals surface area contributed by atoms with Gasteiger partial charge in [-0.1, -0.05) is 41.4 Å². The molecule has 1 aromatic rings. The third-order valence-corrected chi connectivity index (χ3v) is 4.10. The number of aryl methyl sites for hydroxylation is 1. The fraction of sp³-hybridized carbons (Fsp3) is 0.467. The highest BCUT2D eigenvalue weighted by atomic mass is 35.5. The summed E-state index contributed by atoms with van der Waals surface area (Å²) in [4.78, 5) is 24.7. The molecule has 0 aliphatic carbocycles. The minimum Gasteiger partial charge on any atom is -0.351 e. The highest BCUT2D eigenvalue weighted by Crippen LogP contribution is 2.16. The SMILES string of the molecule is Cc1ccccc1C(=O)N1CCC(NC(=O)C(Cl)Cl)CC1. The monoisotopic (exact) mass is 328 g/mol. The maximum atomic E-state index is 12.5. The van der Waals surface area contributed by atoms with Crippen LogP contribution in [0, 0.1) is 6.92 Å². The number of nitrogens with zero attached hydrogens (tertiary/aromatic N) is 1. The Morgan fingerprint density at radius 1 is 1.24 bits per heavy atom. The molecule has 4 nitrogen and oxygen atoms in total. The van der Waals surface area contributed by atoms with Crippen LogP contribution in [0.2, 0.25) is 0 Å². The number of piperidine rings is 1. The van der Waals surface area contributed by atoms with E-state index in [0.29, 0.717) is 25.9 Å². The molecule has 1 fully saturated rings. The molecular formula is C15H18Cl2N2O2. The molecule has 2 amide bonds. The Labute approximate surface area is 134 Å². The molecule has 0 radical (unpaired) electrons. The average Bonchev–Trinajstić information content (AvgIpc) is 2.47. The van der Waals surface area contributed by atoms with Gasteiger partial charge >= 0.3 is 0 Å². The highest BCUT2D eigenvalue weighted by Gasteiger charge is 2.26. The number of nitrogens with one attached hydrogen (secondary N) is 1. The number of amides is 2. The van der Waals surface area contributed by atoms with Gasteiger partial charge in [-0.3, -0.25) is 9.59 Å². The average molecular weight is 329 g/mol. The summed E-state index contributed by atoms with van der Waals surface area (Å²) in [6.07, 6.45) is 1.42. The van der Waals surface area contributed by atoms with Gasteiger partial charge in [-0.05, 0) is 31.4 Å². The number of rotatable bonds is 3. The van der Waals surface area contributed by atoms with Gasteiger partial charge < -0.3 is 10.2 Å². The van der Waals surface area contributed by atoms with Crippen LogP contribution in [0.4, 0.5) is 0 Å². The lowest BCUT2D eigenvalue weighted by atomic mass is 10.0. The van der Waals surface area contributed by atoms with Crippen molar-refractivity contribution in [1.29, 1.82) is 0 Å². The molecule has 1 aliphatic rings. The van der Waals surface area contributed by atoms with Gasteiger partial charge in [-0.25, -0.2) is 0 Å². The maximum absolute atomic E-state index is 12.5. The van der Waals surface area contributed by atoms with Gasteiger partial charge in [0.2, 0.25) is 0 Å². The van der Waals surface area contributed by atoms with Gasteiger partial charge in [0.25, 0.3) is 11.8 Å². The van der Waals surface area contributed by atoms with Crippen molar-refractivity contribution in [3.05, 3.63) is 35.4 Å². The number of benzene rings is 1. The van der Waals surface area contributed by atoms with Gasteiger partial charge in [0.15, 0.2) is 4.84 Å². The zero-order valence-corrected chi connectivity index (χ0v) is 13.3. The van der Waals surface area contributed by atoms with Crippen molar-refractivity contribution in [2.45, 2.75) is 30.6 Å². The molecule has 1 N–H and O–H groups in total. The Kier molecular flexibility index (Phi) is 5.48. The Morgan fingerprint density at radius 2 is 1.86 bits per heavy atom. The van der Waals surface area contributed by atoms with Crippen LogP contribution in [0.1, 0.15) is 28.8 Å². The smallest absolute Gasteiger partial charge is 0.254 e. The molecule has 0 unspecified atom stereocenters. The van der Waals surface area contributed by atoms with E-state index in [1.807, 2.05) is 36.1 Å². The molecule has 1 aliphatic heterocycles. The summed E-state index contributed by atoms with van der Waals surface area (Å²) in [7, 11) is 0. The van der Waals surface area contributed by atoms with Crippen molar-refractivity contribution < 1.29 is 9.59 Å². The van der Waals surface area contributed by atoms with E-state index in [0.717, 1.165) is 11.1 Å². The molecular weight excluding hydrogens is 311 g/mol. The van der Waals surface area contributed by atoms with Crippen LogP contribution in [0.5, 0.6) is 0 Å². The summed E-state index contributed by atoms with van der Waals surface area (Å²) < 4.78 is 0. The first-order valence-electron chi connectivity index (χ1n) is 6.92. The van der Waals surface area contributed by atoms with Crippen molar-refractivity contribution in [1.82, 2.24) is 10.2 Å². The Bertz CT molecular complexity index is 526. The zero-order valence-electron chi connectivity index (χ0n) is 11.8. The summed E-state index contributed by atoms with van der Waals surface area (Å²) in [6.45, 7) is 3.17. The van der Waals surface area contributed by atoms with Crippen molar-refractivity contribution in [2.75, 3.05) is 13.1 Å². The Hall–Kier alpha value is -1.26. The van der Waals surface area contributed by atoms with E-state index in [1.54, 1.807) is 0 Å². The largest absolute Gasteiger partial charge is 0.351 e. The molecule has 0 bridgehead atoms. The lowest BCUT2D eigenvalue weighted by Crippen LogP contribution is -2.47. The minimum absolute atomic E-state index is 0.0263. The zero-order chi connectivity index (χ0) is 15.4. The molecule has 0 saturated carbocycles. The third kappa shape index (κ3) is 4.11. The highest BCUT2D eigenvalue weighted by molar-refractivity contribution is 6.53. The van der Waals surface area contributed by atoms with Gasteiger partial charge in [-0.2, -0.15) is 0 Å². The van der Waals surface area contributed by atoms with E-state index in [4.69, 9.17) is 23.2 Å². The number of carbonyl (C=O) groups excluding carboxylic acids is 2. The van der Waals surface area contributed by atoms with Crippen molar-refractivity contribution >= 4 is 35.0 Å². The van der Waals surface area contributed by atoms with Crippen LogP contribution in [0.3, 0.4) is 0 Å². The molecule has 1 saturated heterocycles. The second-order valence-corrected chi connectivity index (χ2v) is 6.29. The fourth-order valence-corrected chi connectivity index (χ4v) is 2.60. The summed E-state index contributed by atoms with van der Waals surface area (Å²) in [5.74, 6) is -0.326. The van der Waals surface area contributed by atoms with Crippen LogP contribution >= 0.6 is 23.2 Å². The number of alkyl halides is 2. The number of carbonyl (C=O) groups is 2. The van der Waals surface area contributed by atoms with E-state index in [9.17, 15) is 9.59 Å². The van der Waals surface area contributed by atoms with Crippen molar-refractivity contribution in [3.63, 3.8) is 0 Å². The van der Waals surface area contributed by atoms with Crippen LogP contribution in [-0.4, -0.2) is 40.7 Å². The Balaban J connectivity index is 1.91.